The molecule has 0 aliphatic carbocycles. The Hall–Kier alpha value is -1.54. The molecule has 88 valence electrons. The Morgan fingerprint density at radius 1 is 1.59 bits per heavy atom. The van der Waals surface area contributed by atoms with Crippen LogP contribution >= 0.6 is 15.9 Å². The molecule has 2 rings (SSSR count). The van der Waals surface area contributed by atoms with Gasteiger partial charge in [0, 0.05) is 23.2 Å². The molecule has 1 atom stereocenters. The molecule has 17 heavy (non-hydrogen) atoms. The Kier molecular flexibility index (Phi) is 3.64. The molecular weight excluding hydrogens is 282 g/mol. The number of halogens is 1. The number of carbonyl (C=O) groups excluding carboxylic acids is 1. The van der Waals surface area contributed by atoms with Crippen molar-refractivity contribution >= 4 is 27.5 Å². The molecule has 4 nitrogen and oxygen atoms in total. The molecule has 1 aliphatic heterocycles. The summed E-state index contributed by atoms with van der Waals surface area (Å²) in [6, 6.07) is 9.46. The quantitative estimate of drug-likeness (QED) is 0.902. The molecule has 1 aliphatic rings. The summed E-state index contributed by atoms with van der Waals surface area (Å²) in [4.78, 5) is 13.7. The lowest BCUT2D eigenvalue weighted by Gasteiger charge is -2.35. The molecule has 1 fully saturated rings. The van der Waals surface area contributed by atoms with Gasteiger partial charge < -0.3 is 10.2 Å². The summed E-state index contributed by atoms with van der Waals surface area (Å²) in [7, 11) is 0. The Morgan fingerprint density at radius 3 is 3.12 bits per heavy atom. The van der Waals surface area contributed by atoms with Crippen LogP contribution in [0, 0.1) is 11.3 Å². The van der Waals surface area contributed by atoms with E-state index in [1.165, 1.54) is 0 Å². The average molecular weight is 294 g/mol. The summed E-state index contributed by atoms with van der Waals surface area (Å²) >= 11 is 3.41. The highest BCUT2D eigenvalue weighted by Gasteiger charge is 2.29. The minimum atomic E-state index is -0.386. The third kappa shape index (κ3) is 2.59. The highest BCUT2D eigenvalue weighted by atomic mass is 79.9. The minimum absolute atomic E-state index is 0.0715. The van der Waals surface area contributed by atoms with Gasteiger partial charge in [-0.15, -0.1) is 0 Å². The Labute approximate surface area is 108 Å². The van der Waals surface area contributed by atoms with Crippen molar-refractivity contribution in [3.63, 3.8) is 0 Å². The number of nitrogens with zero attached hydrogens (tertiary/aromatic N) is 2. The second-order valence-electron chi connectivity index (χ2n) is 3.84. The SMILES string of the molecule is N#CCC1C(=O)NCCN1c1cccc(Br)c1. The summed E-state index contributed by atoms with van der Waals surface area (Å²) in [5.41, 5.74) is 0.967. The summed E-state index contributed by atoms with van der Waals surface area (Å²) in [6.45, 7) is 1.35. The standard InChI is InChI=1S/C12H12BrN3O/c13-9-2-1-3-10(8-9)16-7-6-15-12(17)11(16)4-5-14/h1-3,8,11H,4,6-7H2,(H,15,17). The molecular formula is C12H12BrN3O. The number of hydrogen-bond donors (Lipinski definition) is 1. The molecule has 0 radical (unpaired) electrons. The van der Waals surface area contributed by atoms with Crippen molar-refractivity contribution in [3.05, 3.63) is 28.7 Å². The lowest BCUT2D eigenvalue weighted by atomic mass is 10.1. The number of nitrogens with one attached hydrogen (secondary N) is 1. The molecule has 0 aromatic heterocycles. The zero-order valence-corrected chi connectivity index (χ0v) is 10.8. The van der Waals surface area contributed by atoms with Crippen molar-refractivity contribution in [2.45, 2.75) is 12.5 Å². The van der Waals surface area contributed by atoms with Crippen molar-refractivity contribution < 1.29 is 4.79 Å². The van der Waals surface area contributed by atoms with Crippen LogP contribution < -0.4 is 10.2 Å². The van der Waals surface area contributed by atoms with E-state index in [9.17, 15) is 4.79 Å². The first kappa shape index (κ1) is 11.9. The van der Waals surface area contributed by atoms with E-state index in [0.29, 0.717) is 6.54 Å². The summed E-state index contributed by atoms with van der Waals surface area (Å²) < 4.78 is 0.969. The average Bonchev–Trinajstić information content (AvgIpc) is 2.32. The van der Waals surface area contributed by atoms with Crippen LogP contribution in [0.25, 0.3) is 0 Å². The molecule has 0 saturated carbocycles. The first-order valence-electron chi connectivity index (χ1n) is 5.39. The van der Waals surface area contributed by atoms with Crippen LogP contribution in [-0.2, 0) is 4.79 Å². The van der Waals surface area contributed by atoms with Crippen LogP contribution in [-0.4, -0.2) is 25.0 Å². The van der Waals surface area contributed by atoms with Gasteiger partial charge in [-0.25, -0.2) is 0 Å². The molecule has 1 unspecified atom stereocenters. The topological polar surface area (TPSA) is 56.1 Å². The smallest absolute Gasteiger partial charge is 0.243 e. The number of carbonyl (C=O) groups is 1. The fourth-order valence-electron chi connectivity index (χ4n) is 1.97. The predicted octanol–water partition coefficient (Wildman–Crippen LogP) is 1.67. The van der Waals surface area contributed by atoms with Crippen molar-refractivity contribution in [1.29, 1.82) is 5.26 Å². The highest BCUT2D eigenvalue weighted by molar-refractivity contribution is 9.10. The van der Waals surface area contributed by atoms with E-state index in [0.717, 1.165) is 16.7 Å². The number of nitriles is 1. The monoisotopic (exact) mass is 293 g/mol. The van der Waals surface area contributed by atoms with Gasteiger partial charge in [0.25, 0.3) is 0 Å². The largest absolute Gasteiger partial charge is 0.357 e. The molecule has 0 spiro atoms. The van der Waals surface area contributed by atoms with Crippen LogP contribution in [0.3, 0.4) is 0 Å². The lowest BCUT2D eigenvalue weighted by Crippen LogP contribution is -2.55. The number of anilines is 1. The fraction of sp³-hybridized carbons (Fsp3) is 0.333. The van der Waals surface area contributed by atoms with Gasteiger partial charge in [-0.1, -0.05) is 22.0 Å². The molecule has 1 saturated heterocycles. The zero-order valence-electron chi connectivity index (χ0n) is 9.19. The van der Waals surface area contributed by atoms with Crippen LogP contribution in [0.2, 0.25) is 0 Å². The van der Waals surface area contributed by atoms with Gasteiger partial charge >= 0.3 is 0 Å². The Balaban J connectivity index is 2.28. The Morgan fingerprint density at radius 2 is 2.41 bits per heavy atom. The molecule has 1 heterocycles. The molecule has 1 N–H and O–H groups in total. The van der Waals surface area contributed by atoms with E-state index in [2.05, 4.69) is 27.3 Å². The van der Waals surface area contributed by atoms with E-state index in [1.807, 2.05) is 29.2 Å². The fourth-order valence-corrected chi connectivity index (χ4v) is 2.36. The van der Waals surface area contributed by atoms with Gasteiger partial charge in [0.1, 0.15) is 6.04 Å². The van der Waals surface area contributed by atoms with Crippen LogP contribution in [0.5, 0.6) is 0 Å². The molecule has 1 aromatic rings. The van der Waals surface area contributed by atoms with Crippen LogP contribution in [0.4, 0.5) is 5.69 Å². The van der Waals surface area contributed by atoms with Crippen molar-refractivity contribution in [1.82, 2.24) is 5.32 Å². The van der Waals surface area contributed by atoms with Gasteiger partial charge in [0.05, 0.1) is 12.5 Å². The van der Waals surface area contributed by atoms with Gasteiger partial charge in [0.15, 0.2) is 0 Å². The molecule has 1 aromatic carbocycles. The Bertz CT molecular complexity index is 469. The third-order valence-corrected chi connectivity index (χ3v) is 3.25. The van der Waals surface area contributed by atoms with E-state index in [4.69, 9.17) is 5.26 Å². The van der Waals surface area contributed by atoms with Crippen molar-refractivity contribution in [3.8, 4) is 6.07 Å². The van der Waals surface area contributed by atoms with Gasteiger partial charge in [-0.05, 0) is 18.2 Å². The van der Waals surface area contributed by atoms with E-state index >= 15 is 0 Å². The summed E-state index contributed by atoms with van der Waals surface area (Å²) in [5.74, 6) is -0.0715. The predicted molar refractivity (Wildman–Crippen MR) is 68.5 cm³/mol. The second kappa shape index (κ2) is 5.19. The van der Waals surface area contributed by atoms with E-state index in [1.54, 1.807) is 0 Å². The van der Waals surface area contributed by atoms with Gasteiger partial charge in [-0.2, -0.15) is 5.26 Å². The van der Waals surface area contributed by atoms with E-state index < -0.39 is 0 Å². The third-order valence-electron chi connectivity index (χ3n) is 2.76. The normalized spacial score (nSPS) is 19.6. The summed E-state index contributed by atoms with van der Waals surface area (Å²) in [6.07, 6.45) is 0.207. The van der Waals surface area contributed by atoms with Crippen LogP contribution in [0.1, 0.15) is 6.42 Å². The second-order valence-corrected chi connectivity index (χ2v) is 4.76. The van der Waals surface area contributed by atoms with Crippen LogP contribution in [0.15, 0.2) is 28.7 Å². The van der Waals surface area contributed by atoms with E-state index in [-0.39, 0.29) is 18.4 Å². The minimum Gasteiger partial charge on any atom is -0.357 e. The maximum absolute atomic E-state index is 11.7. The van der Waals surface area contributed by atoms with Gasteiger partial charge in [0.2, 0.25) is 5.91 Å². The van der Waals surface area contributed by atoms with Crippen molar-refractivity contribution in [2.24, 2.45) is 0 Å². The van der Waals surface area contributed by atoms with Gasteiger partial charge in [-0.3, -0.25) is 4.79 Å². The first-order valence-corrected chi connectivity index (χ1v) is 6.18. The number of rotatable bonds is 2. The maximum atomic E-state index is 11.7. The number of benzene rings is 1. The lowest BCUT2D eigenvalue weighted by molar-refractivity contribution is -0.123. The number of piperazine rings is 1. The molecule has 5 heteroatoms. The maximum Gasteiger partial charge on any atom is 0.243 e. The summed E-state index contributed by atoms with van der Waals surface area (Å²) in [5, 5.41) is 11.6. The molecule has 1 amide bonds. The zero-order chi connectivity index (χ0) is 12.3. The van der Waals surface area contributed by atoms with Crippen molar-refractivity contribution in [2.75, 3.05) is 18.0 Å². The highest BCUT2D eigenvalue weighted by Crippen LogP contribution is 2.23. The molecule has 0 bridgehead atoms. The number of hydrogen-bond acceptors (Lipinski definition) is 3. The number of amides is 1. The first-order chi connectivity index (χ1) is 8.22.